The highest BCUT2D eigenvalue weighted by Gasteiger charge is 2.61. The molecule has 0 spiro atoms. The summed E-state index contributed by atoms with van der Waals surface area (Å²) in [6.07, 6.45) is 5.88. The van der Waals surface area contributed by atoms with Gasteiger partial charge in [0, 0.05) is 25.3 Å². The van der Waals surface area contributed by atoms with Crippen molar-refractivity contribution in [3.63, 3.8) is 0 Å². The summed E-state index contributed by atoms with van der Waals surface area (Å²) in [5.74, 6) is -1.68. The normalized spacial score (nSPS) is 36.1. The Balaban J connectivity index is 1.88. The Hall–Kier alpha value is -2.01. The zero-order valence-corrected chi connectivity index (χ0v) is 21.5. The second-order valence-corrected chi connectivity index (χ2v) is 12.5. The minimum absolute atomic E-state index is 0.00452. The van der Waals surface area contributed by atoms with Gasteiger partial charge in [-0.3, -0.25) is 19.1 Å². The Morgan fingerprint density at radius 3 is 2.69 bits per heavy atom. The van der Waals surface area contributed by atoms with Crippen LogP contribution in [0.4, 0.5) is 4.39 Å². The summed E-state index contributed by atoms with van der Waals surface area (Å²) >= 11 is 0. The summed E-state index contributed by atoms with van der Waals surface area (Å²) in [5.41, 5.74) is -1.50. The number of hydrogen-bond donors (Lipinski definition) is 3. The number of aliphatic hydroxyl groups is 1. The first-order valence-electron chi connectivity index (χ1n) is 12.5. The van der Waals surface area contributed by atoms with E-state index in [2.05, 4.69) is 12.2 Å². The van der Waals surface area contributed by atoms with Crippen molar-refractivity contribution >= 4 is 27.7 Å². The second-order valence-electron chi connectivity index (χ2n) is 10.5. The van der Waals surface area contributed by atoms with Crippen LogP contribution in [-0.4, -0.2) is 72.3 Å². The number of carbonyl (C=O) groups excluding carboxylic acids is 3. The minimum Gasteiger partial charge on any atom is -0.391 e. The fraction of sp³-hybridized carbons (Fsp3) is 0.792. The third-order valence-corrected chi connectivity index (χ3v) is 9.30. The minimum atomic E-state index is -4.27. The zero-order valence-electron chi connectivity index (χ0n) is 20.7. The molecule has 2 aliphatic heterocycles. The van der Waals surface area contributed by atoms with Gasteiger partial charge in [-0.25, -0.2) is 12.8 Å². The molecule has 11 heteroatoms. The second kappa shape index (κ2) is 10.9. The van der Waals surface area contributed by atoms with Gasteiger partial charge in [0.25, 0.3) is 5.91 Å². The first-order chi connectivity index (χ1) is 16.4. The summed E-state index contributed by atoms with van der Waals surface area (Å²) in [6, 6.07) is -0.951. The fourth-order valence-electron chi connectivity index (χ4n) is 5.28. The smallest absolute Gasteiger partial charge is 0.259 e. The molecule has 9 nitrogen and oxygen atoms in total. The molecule has 2 fully saturated rings. The maximum atomic E-state index is 13.3. The molecule has 3 aliphatic rings. The van der Waals surface area contributed by atoms with Gasteiger partial charge in [0.2, 0.25) is 21.8 Å². The molecular formula is C24H38FN3O6S. The maximum absolute atomic E-state index is 13.3. The van der Waals surface area contributed by atoms with Crippen molar-refractivity contribution in [2.24, 2.45) is 17.8 Å². The van der Waals surface area contributed by atoms with Crippen LogP contribution in [0, 0.1) is 17.8 Å². The van der Waals surface area contributed by atoms with Crippen LogP contribution < -0.4 is 10.0 Å². The average Bonchev–Trinajstić information content (AvgIpc) is 3.31. The number of halogens is 1. The lowest BCUT2D eigenvalue weighted by atomic mass is 9.91. The Morgan fingerprint density at radius 1 is 1.31 bits per heavy atom. The van der Waals surface area contributed by atoms with Crippen LogP contribution in [0.2, 0.25) is 0 Å². The summed E-state index contributed by atoms with van der Waals surface area (Å²) in [5, 5.41) is 11.5. The van der Waals surface area contributed by atoms with Crippen molar-refractivity contribution in [3.8, 4) is 0 Å². The van der Waals surface area contributed by atoms with Crippen LogP contribution in [0.3, 0.4) is 0 Å². The monoisotopic (exact) mass is 515 g/mol. The van der Waals surface area contributed by atoms with E-state index >= 15 is 0 Å². The first-order valence-corrected chi connectivity index (χ1v) is 14.1. The number of aliphatic hydroxyl groups excluding tert-OH is 1. The van der Waals surface area contributed by atoms with E-state index in [1.165, 1.54) is 11.8 Å². The van der Waals surface area contributed by atoms with Crippen LogP contribution >= 0.6 is 0 Å². The van der Waals surface area contributed by atoms with Gasteiger partial charge in [-0.15, -0.1) is 0 Å². The molecule has 1 saturated carbocycles. The van der Waals surface area contributed by atoms with Crippen LogP contribution in [0.1, 0.15) is 65.7 Å². The van der Waals surface area contributed by atoms with Crippen LogP contribution in [-0.2, 0) is 24.4 Å². The van der Waals surface area contributed by atoms with E-state index in [-0.39, 0.29) is 44.1 Å². The number of fused-ring (bicyclic) bond motifs is 2. The lowest BCUT2D eigenvalue weighted by molar-refractivity contribution is -0.140. The number of hydrogen-bond acceptors (Lipinski definition) is 6. The van der Waals surface area contributed by atoms with Gasteiger partial charge in [0.1, 0.15) is 23.5 Å². The van der Waals surface area contributed by atoms with E-state index < -0.39 is 57.4 Å². The molecule has 7 atom stereocenters. The van der Waals surface area contributed by atoms with Gasteiger partial charge in [0.15, 0.2) is 0 Å². The molecule has 2 heterocycles. The number of amides is 3. The summed E-state index contributed by atoms with van der Waals surface area (Å²) in [6.45, 7) is 4.54. The van der Waals surface area contributed by atoms with E-state index in [4.69, 9.17) is 0 Å². The third-order valence-electron chi connectivity index (χ3n) is 7.49. The number of rotatable bonds is 5. The molecule has 1 aliphatic carbocycles. The number of alkyl halides is 1. The molecule has 0 aromatic carbocycles. The van der Waals surface area contributed by atoms with E-state index in [0.29, 0.717) is 5.92 Å². The molecule has 0 bridgehead atoms. The first kappa shape index (κ1) is 27.6. The highest BCUT2D eigenvalue weighted by molar-refractivity contribution is 7.90. The van der Waals surface area contributed by atoms with E-state index in [0.717, 1.165) is 19.3 Å². The summed E-state index contributed by atoms with van der Waals surface area (Å²) < 4.78 is 40.3. The SMILES string of the molecule is CCC(CF)S(=O)(=O)NC(=O)C12CC1/C=C\CCC(C)CC(C)CC(=O)N1CC(O)CC1C(=O)N2. The molecule has 198 valence electrons. The molecule has 0 radical (unpaired) electrons. The molecule has 3 N–H and O–H groups in total. The van der Waals surface area contributed by atoms with E-state index in [9.17, 15) is 32.3 Å². The van der Waals surface area contributed by atoms with Gasteiger partial charge in [-0.05, 0) is 43.9 Å². The van der Waals surface area contributed by atoms with Gasteiger partial charge in [0.05, 0.1) is 6.10 Å². The van der Waals surface area contributed by atoms with Crippen molar-refractivity contribution in [2.45, 2.75) is 88.7 Å². The standard InChI is InChI=1S/C24H38FN3O6S/c1-4-19(13-25)35(33,34)27-23(32)24-12-17(24)8-6-5-7-15(2)9-16(3)10-21(30)28-14-18(29)11-20(28)22(31)26-24/h6,8,15-20,29H,4-5,7,9-14H2,1-3H3,(H,26,31)(H,27,32)/b8-6-. The van der Waals surface area contributed by atoms with Crippen molar-refractivity contribution in [1.82, 2.24) is 14.9 Å². The fourth-order valence-corrected chi connectivity index (χ4v) is 6.49. The predicted molar refractivity (Wildman–Crippen MR) is 128 cm³/mol. The number of allylic oxidation sites excluding steroid dienone is 1. The molecule has 1 saturated heterocycles. The quantitative estimate of drug-likeness (QED) is 0.475. The van der Waals surface area contributed by atoms with E-state index in [1.54, 1.807) is 0 Å². The third kappa shape index (κ3) is 6.22. The summed E-state index contributed by atoms with van der Waals surface area (Å²) in [4.78, 5) is 40.8. The highest BCUT2D eigenvalue weighted by Crippen LogP contribution is 2.45. The summed E-state index contributed by atoms with van der Waals surface area (Å²) in [7, 11) is -4.27. The Labute approximate surface area is 206 Å². The van der Waals surface area contributed by atoms with Crippen molar-refractivity contribution in [3.05, 3.63) is 12.2 Å². The van der Waals surface area contributed by atoms with Gasteiger partial charge >= 0.3 is 0 Å². The van der Waals surface area contributed by atoms with Gasteiger partial charge < -0.3 is 15.3 Å². The predicted octanol–water partition coefficient (Wildman–Crippen LogP) is 1.42. The maximum Gasteiger partial charge on any atom is 0.259 e. The molecule has 0 aromatic rings. The number of nitrogens with zero attached hydrogens (tertiary/aromatic N) is 1. The van der Waals surface area contributed by atoms with Crippen molar-refractivity contribution < 1.29 is 32.3 Å². The molecular weight excluding hydrogens is 477 g/mol. The average molecular weight is 516 g/mol. The van der Waals surface area contributed by atoms with Crippen LogP contribution in [0.25, 0.3) is 0 Å². The largest absolute Gasteiger partial charge is 0.391 e. The molecule has 3 rings (SSSR count). The molecule has 0 aromatic heterocycles. The van der Waals surface area contributed by atoms with Gasteiger partial charge in [-0.1, -0.05) is 32.9 Å². The molecule has 7 unspecified atom stereocenters. The number of nitrogens with one attached hydrogen (secondary N) is 2. The van der Waals surface area contributed by atoms with Crippen LogP contribution in [0.15, 0.2) is 12.2 Å². The lowest BCUT2D eigenvalue weighted by Gasteiger charge is -2.28. The Bertz CT molecular complexity index is 953. The van der Waals surface area contributed by atoms with Crippen LogP contribution in [0.5, 0.6) is 0 Å². The zero-order chi connectivity index (χ0) is 26.0. The Morgan fingerprint density at radius 2 is 2.03 bits per heavy atom. The number of carbonyl (C=O) groups is 3. The van der Waals surface area contributed by atoms with E-state index in [1.807, 2.05) is 23.8 Å². The van der Waals surface area contributed by atoms with Crippen molar-refractivity contribution in [1.29, 1.82) is 0 Å². The highest BCUT2D eigenvalue weighted by atomic mass is 32.2. The molecule has 3 amide bonds. The lowest BCUT2D eigenvalue weighted by Crippen LogP contribution is -2.57. The van der Waals surface area contributed by atoms with Gasteiger partial charge in [-0.2, -0.15) is 0 Å². The molecule has 35 heavy (non-hydrogen) atoms. The van der Waals surface area contributed by atoms with Crippen molar-refractivity contribution in [2.75, 3.05) is 13.2 Å². The Kier molecular flexibility index (Phi) is 8.62. The number of sulfonamides is 1. The topological polar surface area (TPSA) is 133 Å².